The van der Waals surface area contributed by atoms with E-state index in [-0.39, 0.29) is 6.04 Å². The second-order valence-electron chi connectivity index (χ2n) is 4.58. The molecular formula is C15H16N4O. The van der Waals surface area contributed by atoms with Crippen LogP contribution in [0.1, 0.15) is 23.3 Å². The topological polar surface area (TPSA) is 55.9 Å². The summed E-state index contributed by atoms with van der Waals surface area (Å²) in [6.07, 6.45) is 1.76. The first-order valence-electron chi connectivity index (χ1n) is 6.49. The Morgan fingerprint density at radius 2 is 1.95 bits per heavy atom. The lowest BCUT2D eigenvalue weighted by molar-refractivity contribution is 0.436. The summed E-state index contributed by atoms with van der Waals surface area (Å²) in [5.74, 6) is 1.74. The van der Waals surface area contributed by atoms with Crippen LogP contribution >= 0.6 is 0 Å². The molecule has 0 aliphatic carbocycles. The highest BCUT2D eigenvalue weighted by Crippen LogP contribution is 2.24. The highest BCUT2D eigenvalue weighted by Gasteiger charge is 2.21. The van der Waals surface area contributed by atoms with Crippen LogP contribution in [-0.4, -0.2) is 22.0 Å². The molecule has 1 N–H and O–H groups in total. The summed E-state index contributed by atoms with van der Waals surface area (Å²) in [4.78, 5) is 0. The van der Waals surface area contributed by atoms with Crippen molar-refractivity contribution < 1.29 is 4.42 Å². The first-order valence-corrected chi connectivity index (χ1v) is 6.49. The Morgan fingerprint density at radius 3 is 2.60 bits per heavy atom. The van der Waals surface area contributed by atoms with Crippen molar-refractivity contribution in [2.45, 2.75) is 13.0 Å². The van der Waals surface area contributed by atoms with Crippen molar-refractivity contribution in [2.24, 2.45) is 0 Å². The molecule has 5 nitrogen and oxygen atoms in total. The van der Waals surface area contributed by atoms with Gasteiger partial charge in [0.25, 0.3) is 0 Å². The highest BCUT2D eigenvalue weighted by molar-refractivity contribution is 5.33. The van der Waals surface area contributed by atoms with Crippen LogP contribution in [0.25, 0.3) is 5.69 Å². The second-order valence-corrected chi connectivity index (χ2v) is 4.58. The summed E-state index contributed by atoms with van der Waals surface area (Å²) in [5.41, 5.74) is 1.91. The van der Waals surface area contributed by atoms with Crippen LogP contribution in [0.5, 0.6) is 0 Å². The molecule has 5 heteroatoms. The molecule has 0 aliphatic heterocycles. The first kappa shape index (κ1) is 12.6. The molecule has 0 saturated heterocycles. The van der Waals surface area contributed by atoms with Gasteiger partial charge < -0.3 is 9.73 Å². The van der Waals surface area contributed by atoms with E-state index < -0.39 is 0 Å². The fourth-order valence-electron chi connectivity index (χ4n) is 2.25. The van der Waals surface area contributed by atoms with E-state index in [2.05, 4.69) is 15.6 Å². The molecule has 102 valence electrons. The van der Waals surface area contributed by atoms with E-state index >= 15 is 0 Å². The van der Waals surface area contributed by atoms with Gasteiger partial charge in [0.15, 0.2) is 0 Å². The van der Waals surface area contributed by atoms with E-state index in [0.717, 1.165) is 22.9 Å². The maximum atomic E-state index is 5.72. The van der Waals surface area contributed by atoms with Gasteiger partial charge in [-0.2, -0.15) is 0 Å². The average Bonchev–Trinajstić information content (AvgIpc) is 3.11. The summed E-state index contributed by atoms with van der Waals surface area (Å²) in [6, 6.07) is 13.8. The van der Waals surface area contributed by atoms with E-state index in [1.807, 2.05) is 61.1 Å². The molecular weight excluding hydrogens is 252 g/mol. The van der Waals surface area contributed by atoms with E-state index in [9.17, 15) is 0 Å². The molecule has 0 amide bonds. The van der Waals surface area contributed by atoms with Gasteiger partial charge in [-0.05, 0) is 38.2 Å². The number of aromatic nitrogens is 3. The Balaban J connectivity index is 2.04. The van der Waals surface area contributed by atoms with Gasteiger partial charge in [0.1, 0.15) is 17.6 Å². The quantitative estimate of drug-likeness (QED) is 0.789. The predicted molar refractivity (Wildman–Crippen MR) is 75.7 cm³/mol. The fraction of sp³-hybridized carbons (Fsp3) is 0.200. The zero-order valence-electron chi connectivity index (χ0n) is 11.4. The molecule has 20 heavy (non-hydrogen) atoms. The van der Waals surface area contributed by atoms with Crippen LogP contribution in [0.3, 0.4) is 0 Å². The predicted octanol–water partition coefficient (Wildman–Crippen LogP) is 2.48. The number of hydrogen-bond acceptors (Lipinski definition) is 4. The maximum Gasteiger partial charge on any atom is 0.127 e. The number of hydrogen-bond donors (Lipinski definition) is 1. The van der Waals surface area contributed by atoms with Crippen LogP contribution in [0.2, 0.25) is 0 Å². The molecule has 1 unspecified atom stereocenters. The van der Waals surface area contributed by atoms with Gasteiger partial charge in [-0.25, -0.2) is 4.68 Å². The molecule has 2 heterocycles. The standard InChI is InChI=1S/C15H16N4O/c1-11-8-9-14(20-11)15(16-2)13-10-17-18-19(13)12-6-4-3-5-7-12/h3-10,15-16H,1-2H3. The number of rotatable bonds is 4. The normalized spacial score (nSPS) is 12.5. The largest absolute Gasteiger partial charge is 0.464 e. The molecule has 0 spiro atoms. The molecule has 3 rings (SSSR count). The first-order chi connectivity index (χ1) is 9.79. The van der Waals surface area contributed by atoms with Crippen molar-refractivity contribution in [3.8, 4) is 5.69 Å². The van der Waals surface area contributed by atoms with Crippen molar-refractivity contribution in [2.75, 3.05) is 7.05 Å². The number of aryl methyl sites for hydroxylation is 1. The van der Waals surface area contributed by atoms with Crippen LogP contribution < -0.4 is 5.32 Å². The third-order valence-electron chi connectivity index (χ3n) is 3.21. The zero-order chi connectivity index (χ0) is 13.9. The van der Waals surface area contributed by atoms with E-state index in [1.54, 1.807) is 6.20 Å². The Hall–Kier alpha value is -2.40. The second kappa shape index (κ2) is 5.30. The monoisotopic (exact) mass is 268 g/mol. The SMILES string of the molecule is CNC(c1ccc(C)o1)c1cnnn1-c1ccccc1. The van der Waals surface area contributed by atoms with E-state index in [1.165, 1.54) is 0 Å². The van der Waals surface area contributed by atoms with Crippen molar-refractivity contribution in [1.82, 2.24) is 20.3 Å². The summed E-state index contributed by atoms with van der Waals surface area (Å²) in [6.45, 7) is 1.93. The van der Waals surface area contributed by atoms with E-state index in [4.69, 9.17) is 4.42 Å². The van der Waals surface area contributed by atoms with Gasteiger partial charge in [-0.15, -0.1) is 5.10 Å². The van der Waals surface area contributed by atoms with Crippen LogP contribution in [0, 0.1) is 6.92 Å². The lowest BCUT2D eigenvalue weighted by Crippen LogP contribution is -2.20. The Bertz CT molecular complexity index is 687. The van der Waals surface area contributed by atoms with Crippen molar-refractivity contribution in [3.63, 3.8) is 0 Å². The van der Waals surface area contributed by atoms with E-state index in [0.29, 0.717) is 0 Å². The molecule has 1 atom stereocenters. The van der Waals surface area contributed by atoms with Crippen LogP contribution in [0.4, 0.5) is 0 Å². The third-order valence-corrected chi connectivity index (χ3v) is 3.21. The molecule has 2 aromatic heterocycles. The lowest BCUT2D eigenvalue weighted by atomic mass is 10.1. The average molecular weight is 268 g/mol. The minimum atomic E-state index is -0.0843. The number of furan rings is 1. The highest BCUT2D eigenvalue weighted by atomic mass is 16.3. The summed E-state index contributed by atoms with van der Waals surface area (Å²) in [5, 5.41) is 11.5. The van der Waals surface area contributed by atoms with Gasteiger partial charge in [0, 0.05) is 0 Å². The molecule has 1 aromatic carbocycles. The fourth-order valence-corrected chi connectivity index (χ4v) is 2.25. The molecule has 0 aliphatic rings. The zero-order valence-corrected chi connectivity index (χ0v) is 11.4. The Kier molecular flexibility index (Phi) is 3.35. The Morgan fingerprint density at radius 1 is 1.15 bits per heavy atom. The minimum absolute atomic E-state index is 0.0843. The van der Waals surface area contributed by atoms with Crippen molar-refractivity contribution in [3.05, 3.63) is 65.9 Å². The number of nitrogens with one attached hydrogen (secondary N) is 1. The van der Waals surface area contributed by atoms with Crippen LogP contribution in [0.15, 0.2) is 53.1 Å². The molecule has 0 fully saturated rings. The molecule has 3 aromatic rings. The summed E-state index contributed by atoms with van der Waals surface area (Å²) < 4.78 is 7.54. The van der Waals surface area contributed by atoms with Gasteiger partial charge in [0.2, 0.25) is 0 Å². The Labute approximate surface area is 117 Å². The summed E-state index contributed by atoms with van der Waals surface area (Å²) >= 11 is 0. The van der Waals surface area contributed by atoms with Gasteiger partial charge in [0.05, 0.1) is 17.6 Å². The lowest BCUT2D eigenvalue weighted by Gasteiger charge is -2.15. The smallest absolute Gasteiger partial charge is 0.127 e. The molecule has 0 saturated carbocycles. The van der Waals surface area contributed by atoms with Crippen molar-refractivity contribution in [1.29, 1.82) is 0 Å². The molecule has 0 radical (unpaired) electrons. The number of nitrogens with zero attached hydrogens (tertiary/aromatic N) is 3. The minimum Gasteiger partial charge on any atom is -0.464 e. The van der Waals surface area contributed by atoms with Crippen LogP contribution in [-0.2, 0) is 0 Å². The maximum absolute atomic E-state index is 5.72. The van der Waals surface area contributed by atoms with Crippen molar-refractivity contribution >= 4 is 0 Å². The van der Waals surface area contributed by atoms with Gasteiger partial charge >= 0.3 is 0 Å². The van der Waals surface area contributed by atoms with Gasteiger partial charge in [-0.1, -0.05) is 23.4 Å². The summed E-state index contributed by atoms with van der Waals surface area (Å²) in [7, 11) is 1.89. The number of para-hydroxylation sites is 1. The number of benzene rings is 1. The third kappa shape index (κ3) is 2.23. The van der Waals surface area contributed by atoms with Gasteiger partial charge in [-0.3, -0.25) is 0 Å². The molecule has 0 bridgehead atoms.